The molecular formula is C15H16N4. The van der Waals surface area contributed by atoms with Crippen molar-refractivity contribution in [1.82, 2.24) is 15.2 Å². The molecule has 2 heterocycles. The third-order valence-corrected chi connectivity index (χ3v) is 3.37. The van der Waals surface area contributed by atoms with Gasteiger partial charge in [-0.1, -0.05) is 6.07 Å². The topological polar surface area (TPSA) is 53.6 Å². The maximum atomic E-state index is 4.30. The lowest BCUT2D eigenvalue weighted by atomic mass is 10.1. The summed E-state index contributed by atoms with van der Waals surface area (Å²) in [6, 6.07) is 8.30. The van der Waals surface area contributed by atoms with Crippen molar-refractivity contribution in [2.24, 2.45) is 0 Å². The van der Waals surface area contributed by atoms with Crippen LogP contribution in [0.2, 0.25) is 0 Å². The third-order valence-electron chi connectivity index (χ3n) is 3.37. The van der Waals surface area contributed by atoms with Crippen LogP contribution in [0, 0.1) is 13.8 Å². The van der Waals surface area contributed by atoms with Crippen LogP contribution in [-0.4, -0.2) is 15.2 Å². The van der Waals surface area contributed by atoms with Gasteiger partial charge in [-0.2, -0.15) is 5.10 Å². The number of nitrogens with one attached hydrogen (secondary N) is 2. The first-order valence-corrected chi connectivity index (χ1v) is 6.32. The number of benzene rings is 1. The molecule has 0 saturated carbocycles. The monoisotopic (exact) mass is 252 g/mol. The molecule has 0 fully saturated rings. The highest BCUT2D eigenvalue weighted by atomic mass is 15.1. The van der Waals surface area contributed by atoms with E-state index in [1.807, 2.05) is 25.4 Å². The molecule has 0 amide bonds. The summed E-state index contributed by atoms with van der Waals surface area (Å²) < 4.78 is 0. The number of H-pyrrole nitrogens is 1. The Kier molecular flexibility index (Phi) is 2.91. The molecule has 0 aliphatic carbocycles. The van der Waals surface area contributed by atoms with E-state index in [-0.39, 0.29) is 0 Å². The predicted molar refractivity (Wildman–Crippen MR) is 77.1 cm³/mol. The lowest BCUT2D eigenvalue weighted by molar-refractivity contribution is 1.05. The van der Waals surface area contributed by atoms with Gasteiger partial charge in [-0.25, -0.2) is 0 Å². The minimum atomic E-state index is 0.782. The number of nitrogens with zero attached hydrogens (tertiary/aromatic N) is 2. The molecule has 19 heavy (non-hydrogen) atoms. The minimum Gasteiger partial charge on any atom is -0.381 e. The van der Waals surface area contributed by atoms with Crippen LogP contribution >= 0.6 is 0 Å². The first-order chi connectivity index (χ1) is 9.24. The number of aromatic amines is 1. The molecule has 2 aromatic heterocycles. The summed E-state index contributed by atoms with van der Waals surface area (Å²) in [6.07, 6.45) is 3.66. The molecule has 0 saturated heterocycles. The number of anilines is 1. The molecular weight excluding hydrogens is 236 g/mol. The Hall–Kier alpha value is -2.36. The maximum Gasteiger partial charge on any atom is 0.0654 e. The van der Waals surface area contributed by atoms with Gasteiger partial charge in [0.05, 0.1) is 11.7 Å². The molecule has 4 nitrogen and oxygen atoms in total. The zero-order chi connectivity index (χ0) is 13.2. The van der Waals surface area contributed by atoms with E-state index in [1.165, 1.54) is 11.1 Å². The molecule has 1 aromatic carbocycles. The summed E-state index contributed by atoms with van der Waals surface area (Å²) in [5.41, 5.74) is 5.70. The van der Waals surface area contributed by atoms with E-state index in [4.69, 9.17) is 0 Å². The van der Waals surface area contributed by atoms with Crippen molar-refractivity contribution in [2.45, 2.75) is 20.4 Å². The van der Waals surface area contributed by atoms with Crippen molar-refractivity contribution in [3.8, 4) is 0 Å². The van der Waals surface area contributed by atoms with Gasteiger partial charge in [0.1, 0.15) is 0 Å². The van der Waals surface area contributed by atoms with Crippen LogP contribution in [0.5, 0.6) is 0 Å². The zero-order valence-electron chi connectivity index (χ0n) is 11.1. The number of rotatable bonds is 3. The van der Waals surface area contributed by atoms with Gasteiger partial charge in [0.2, 0.25) is 0 Å². The van der Waals surface area contributed by atoms with Crippen LogP contribution in [0.1, 0.15) is 16.8 Å². The molecule has 0 radical (unpaired) electrons. The zero-order valence-corrected chi connectivity index (χ0v) is 11.1. The van der Waals surface area contributed by atoms with Gasteiger partial charge in [0.15, 0.2) is 0 Å². The van der Waals surface area contributed by atoms with Crippen LogP contribution < -0.4 is 5.32 Å². The second-order valence-electron chi connectivity index (χ2n) is 4.73. The molecule has 2 N–H and O–H groups in total. The quantitative estimate of drug-likeness (QED) is 0.752. The van der Waals surface area contributed by atoms with Crippen molar-refractivity contribution in [3.63, 3.8) is 0 Å². The van der Waals surface area contributed by atoms with E-state index in [0.717, 1.165) is 28.8 Å². The molecule has 3 rings (SSSR count). The summed E-state index contributed by atoms with van der Waals surface area (Å²) in [4.78, 5) is 4.30. The molecule has 0 bridgehead atoms. The van der Waals surface area contributed by atoms with E-state index in [2.05, 4.69) is 45.6 Å². The van der Waals surface area contributed by atoms with Crippen molar-refractivity contribution in [3.05, 3.63) is 53.5 Å². The van der Waals surface area contributed by atoms with Crippen LogP contribution in [0.4, 0.5) is 5.69 Å². The average Bonchev–Trinajstić information content (AvgIpc) is 2.84. The summed E-state index contributed by atoms with van der Waals surface area (Å²) in [5, 5.41) is 11.6. The smallest absolute Gasteiger partial charge is 0.0654 e. The predicted octanol–water partition coefficient (Wildman–Crippen LogP) is 3.19. The number of hydrogen-bond donors (Lipinski definition) is 2. The number of pyridine rings is 1. The molecule has 0 aliphatic heterocycles. The highest BCUT2D eigenvalue weighted by Crippen LogP contribution is 2.22. The van der Waals surface area contributed by atoms with E-state index in [0.29, 0.717) is 0 Å². The van der Waals surface area contributed by atoms with Gasteiger partial charge in [-0.3, -0.25) is 10.1 Å². The normalized spacial score (nSPS) is 10.8. The van der Waals surface area contributed by atoms with Gasteiger partial charge in [-0.05, 0) is 43.2 Å². The largest absolute Gasteiger partial charge is 0.381 e. The summed E-state index contributed by atoms with van der Waals surface area (Å²) in [7, 11) is 0. The highest BCUT2D eigenvalue weighted by Gasteiger charge is 2.04. The second-order valence-corrected chi connectivity index (χ2v) is 4.73. The fourth-order valence-electron chi connectivity index (χ4n) is 2.18. The molecule has 96 valence electrons. The van der Waals surface area contributed by atoms with Crippen LogP contribution in [0.25, 0.3) is 10.9 Å². The Morgan fingerprint density at radius 2 is 2.16 bits per heavy atom. The molecule has 0 unspecified atom stereocenters. The number of aromatic nitrogens is 3. The van der Waals surface area contributed by atoms with Crippen LogP contribution in [-0.2, 0) is 6.54 Å². The first-order valence-electron chi connectivity index (χ1n) is 6.32. The lowest BCUT2D eigenvalue weighted by Gasteiger charge is -2.11. The van der Waals surface area contributed by atoms with Crippen molar-refractivity contribution < 1.29 is 0 Å². The molecule has 0 spiro atoms. The molecule has 0 atom stereocenters. The van der Waals surface area contributed by atoms with E-state index in [9.17, 15) is 0 Å². The average molecular weight is 252 g/mol. The van der Waals surface area contributed by atoms with Crippen LogP contribution in [0.15, 0.2) is 36.7 Å². The first kappa shape index (κ1) is 11.7. The Labute approximate surface area is 111 Å². The number of aryl methyl sites for hydroxylation is 2. The molecule has 4 heteroatoms. The number of hydrogen-bond acceptors (Lipinski definition) is 3. The lowest BCUT2D eigenvalue weighted by Crippen LogP contribution is -2.03. The van der Waals surface area contributed by atoms with Crippen molar-refractivity contribution in [1.29, 1.82) is 0 Å². The van der Waals surface area contributed by atoms with Gasteiger partial charge < -0.3 is 5.32 Å². The number of fused-ring (bicyclic) bond motifs is 1. The van der Waals surface area contributed by atoms with Crippen molar-refractivity contribution in [2.75, 3.05) is 5.32 Å². The van der Waals surface area contributed by atoms with Crippen LogP contribution in [0.3, 0.4) is 0 Å². The summed E-state index contributed by atoms with van der Waals surface area (Å²) in [6.45, 7) is 4.91. The standard InChI is InChI=1S/C15H16N4/c1-10-6-15-13(9-18-19-15)7-14(10)17-8-12-4-3-5-16-11(12)2/h3-7,9,17H,8H2,1-2H3,(H,18,19). The van der Waals surface area contributed by atoms with Gasteiger partial charge in [-0.15, -0.1) is 0 Å². The van der Waals surface area contributed by atoms with E-state index < -0.39 is 0 Å². The minimum absolute atomic E-state index is 0.782. The Morgan fingerprint density at radius 1 is 1.26 bits per heavy atom. The molecule has 0 aliphatic rings. The molecule has 3 aromatic rings. The maximum absolute atomic E-state index is 4.30. The van der Waals surface area contributed by atoms with Gasteiger partial charge in [0.25, 0.3) is 0 Å². The Balaban J connectivity index is 1.85. The van der Waals surface area contributed by atoms with Crippen molar-refractivity contribution >= 4 is 16.6 Å². The Bertz CT molecular complexity index is 715. The Morgan fingerprint density at radius 3 is 3.00 bits per heavy atom. The summed E-state index contributed by atoms with van der Waals surface area (Å²) in [5.74, 6) is 0. The summed E-state index contributed by atoms with van der Waals surface area (Å²) >= 11 is 0. The fourth-order valence-corrected chi connectivity index (χ4v) is 2.18. The van der Waals surface area contributed by atoms with Gasteiger partial charge >= 0.3 is 0 Å². The third kappa shape index (κ3) is 2.29. The second kappa shape index (κ2) is 4.72. The SMILES string of the molecule is Cc1cc2[nH]ncc2cc1NCc1cccnc1C. The highest BCUT2D eigenvalue weighted by molar-refractivity contribution is 5.83. The van der Waals surface area contributed by atoms with E-state index in [1.54, 1.807) is 0 Å². The van der Waals surface area contributed by atoms with E-state index >= 15 is 0 Å². The fraction of sp³-hybridized carbons (Fsp3) is 0.200. The van der Waals surface area contributed by atoms with Gasteiger partial charge in [0, 0.05) is 29.5 Å².